The molecule has 0 bridgehead atoms. The minimum atomic E-state index is -0.166. The van der Waals surface area contributed by atoms with Gasteiger partial charge in [-0.05, 0) is 18.8 Å². The highest BCUT2D eigenvalue weighted by molar-refractivity contribution is 5.82. The van der Waals surface area contributed by atoms with Crippen molar-refractivity contribution < 1.29 is 10.3 Å². The predicted molar refractivity (Wildman–Crippen MR) is 63.4 cm³/mol. The summed E-state index contributed by atoms with van der Waals surface area (Å²) in [4.78, 5) is 0. The zero-order valence-electron chi connectivity index (χ0n) is 9.89. The van der Waals surface area contributed by atoms with E-state index in [1.54, 1.807) is 0 Å². The lowest BCUT2D eigenvalue weighted by molar-refractivity contribution is 0.0695. The zero-order chi connectivity index (χ0) is 12.0. The SMILES string of the molecule is CC(CNCC1CCCCC1O)C(N)=NO. The summed E-state index contributed by atoms with van der Waals surface area (Å²) in [7, 11) is 0. The fourth-order valence-electron chi connectivity index (χ4n) is 2.11. The average molecular weight is 229 g/mol. The van der Waals surface area contributed by atoms with Crippen LogP contribution in [0.2, 0.25) is 0 Å². The van der Waals surface area contributed by atoms with Crippen molar-refractivity contribution in [2.75, 3.05) is 13.1 Å². The summed E-state index contributed by atoms with van der Waals surface area (Å²) in [6.45, 7) is 3.39. The number of hydrogen-bond acceptors (Lipinski definition) is 4. The first kappa shape index (κ1) is 13.3. The second-order valence-electron chi connectivity index (χ2n) is 4.70. The molecule has 94 valence electrons. The van der Waals surface area contributed by atoms with Gasteiger partial charge < -0.3 is 21.4 Å². The summed E-state index contributed by atoms with van der Waals surface area (Å²) >= 11 is 0. The van der Waals surface area contributed by atoms with E-state index in [0.717, 1.165) is 25.8 Å². The minimum absolute atomic E-state index is 0.0192. The van der Waals surface area contributed by atoms with Crippen molar-refractivity contribution >= 4 is 5.84 Å². The maximum absolute atomic E-state index is 9.76. The van der Waals surface area contributed by atoms with Gasteiger partial charge in [0.05, 0.1) is 6.10 Å². The van der Waals surface area contributed by atoms with E-state index in [1.165, 1.54) is 6.42 Å². The summed E-state index contributed by atoms with van der Waals surface area (Å²) in [6.07, 6.45) is 4.19. The Morgan fingerprint density at radius 1 is 1.50 bits per heavy atom. The fraction of sp³-hybridized carbons (Fsp3) is 0.909. The van der Waals surface area contributed by atoms with Gasteiger partial charge in [0.1, 0.15) is 5.84 Å². The molecule has 0 aliphatic heterocycles. The van der Waals surface area contributed by atoms with Gasteiger partial charge in [-0.15, -0.1) is 0 Å². The van der Waals surface area contributed by atoms with Crippen LogP contribution in [-0.4, -0.2) is 35.3 Å². The number of rotatable bonds is 5. The molecule has 1 fully saturated rings. The number of nitrogens with zero attached hydrogens (tertiary/aromatic N) is 1. The van der Waals surface area contributed by atoms with Crippen LogP contribution in [0, 0.1) is 11.8 Å². The largest absolute Gasteiger partial charge is 0.409 e. The van der Waals surface area contributed by atoms with E-state index < -0.39 is 0 Å². The van der Waals surface area contributed by atoms with Gasteiger partial charge in [0.15, 0.2) is 0 Å². The molecule has 3 atom stereocenters. The van der Waals surface area contributed by atoms with Crippen molar-refractivity contribution in [1.29, 1.82) is 0 Å². The molecule has 5 nitrogen and oxygen atoms in total. The Kier molecular flexibility index (Phi) is 5.55. The molecule has 0 aromatic carbocycles. The van der Waals surface area contributed by atoms with Crippen molar-refractivity contribution in [1.82, 2.24) is 5.32 Å². The van der Waals surface area contributed by atoms with E-state index in [4.69, 9.17) is 10.9 Å². The molecule has 16 heavy (non-hydrogen) atoms. The van der Waals surface area contributed by atoms with E-state index in [9.17, 15) is 5.11 Å². The zero-order valence-corrected chi connectivity index (χ0v) is 9.89. The second kappa shape index (κ2) is 6.70. The second-order valence-corrected chi connectivity index (χ2v) is 4.70. The smallest absolute Gasteiger partial charge is 0.143 e. The molecule has 0 saturated heterocycles. The molecule has 0 aromatic rings. The summed E-state index contributed by atoms with van der Waals surface area (Å²) in [5.74, 6) is 0.621. The molecule has 0 amide bonds. The van der Waals surface area contributed by atoms with Gasteiger partial charge in [0.2, 0.25) is 0 Å². The third-order valence-electron chi connectivity index (χ3n) is 3.35. The molecular weight excluding hydrogens is 206 g/mol. The van der Waals surface area contributed by atoms with E-state index in [1.807, 2.05) is 6.92 Å². The quantitative estimate of drug-likeness (QED) is 0.239. The van der Waals surface area contributed by atoms with E-state index in [2.05, 4.69) is 10.5 Å². The van der Waals surface area contributed by atoms with Crippen molar-refractivity contribution in [2.45, 2.75) is 38.7 Å². The standard InChI is InChI=1S/C11H23N3O2/c1-8(11(12)14-16)6-13-7-9-4-2-3-5-10(9)15/h8-10,13,15-16H,2-7H2,1H3,(H2,12,14). The number of oxime groups is 1. The van der Waals surface area contributed by atoms with Crippen LogP contribution in [0.4, 0.5) is 0 Å². The Hall–Kier alpha value is -0.810. The molecule has 1 rings (SSSR count). The van der Waals surface area contributed by atoms with Gasteiger partial charge in [0.25, 0.3) is 0 Å². The molecular formula is C11H23N3O2. The maximum atomic E-state index is 9.76. The van der Waals surface area contributed by atoms with Crippen molar-refractivity contribution in [3.63, 3.8) is 0 Å². The topological polar surface area (TPSA) is 90.9 Å². The number of nitrogens with two attached hydrogens (primary N) is 1. The number of aliphatic hydroxyl groups excluding tert-OH is 1. The van der Waals surface area contributed by atoms with E-state index >= 15 is 0 Å². The van der Waals surface area contributed by atoms with Crippen LogP contribution in [0.5, 0.6) is 0 Å². The lowest BCUT2D eigenvalue weighted by atomic mass is 9.86. The molecule has 0 heterocycles. The summed E-state index contributed by atoms with van der Waals surface area (Å²) in [6, 6.07) is 0. The fourth-order valence-corrected chi connectivity index (χ4v) is 2.11. The first-order valence-corrected chi connectivity index (χ1v) is 6.01. The lowest BCUT2D eigenvalue weighted by Crippen LogP contribution is -2.38. The lowest BCUT2D eigenvalue weighted by Gasteiger charge is -2.28. The molecule has 3 unspecified atom stereocenters. The molecule has 0 radical (unpaired) electrons. The number of hydrogen-bond donors (Lipinski definition) is 4. The number of nitrogens with one attached hydrogen (secondary N) is 1. The van der Waals surface area contributed by atoms with Crippen LogP contribution >= 0.6 is 0 Å². The van der Waals surface area contributed by atoms with E-state index in [0.29, 0.717) is 12.5 Å². The van der Waals surface area contributed by atoms with Crippen LogP contribution in [0.3, 0.4) is 0 Å². The Morgan fingerprint density at radius 2 is 2.19 bits per heavy atom. The first-order chi connectivity index (χ1) is 7.65. The Morgan fingerprint density at radius 3 is 2.81 bits per heavy atom. The highest BCUT2D eigenvalue weighted by atomic mass is 16.4. The maximum Gasteiger partial charge on any atom is 0.143 e. The van der Waals surface area contributed by atoms with Gasteiger partial charge in [-0.1, -0.05) is 24.9 Å². The first-order valence-electron chi connectivity index (χ1n) is 6.01. The summed E-state index contributed by atoms with van der Waals surface area (Å²) in [5.41, 5.74) is 5.47. The van der Waals surface area contributed by atoms with Crippen molar-refractivity contribution in [3.05, 3.63) is 0 Å². The van der Waals surface area contributed by atoms with Crippen LogP contribution in [0.1, 0.15) is 32.6 Å². The Bertz CT molecular complexity index is 233. The molecule has 0 spiro atoms. The minimum Gasteiger partial charge on any atom is -0.409 e. The highest BCUT2D eigenvalue weighted by Gasteiger charge is 2.22. The third kappa shape index (κ3) is 3.98. The predicted octanol–water partition coefficient (Wildman–Crippen LogP) is 0.510. The molecule has 1 aliphatic rings. The van der Waals surface area contributed by atoms with Gasteiger partial charge in [-0.3, -0.25) is 0 Å². The highest BCUT2D eigenvalue weighted by Crippen LogP contribution is 2.23. The summed E-state index contributed by atoms with van der Waals surface area (Å²) in [5, 5.41) is 24.5. The van der Waals surface area contributed by atoms with Crippen LogP contribution in [0.15, 0.2) is 5.16 Å². The molecule has 5 N–H and O–H groups in total. The van der Waals surface area contributed by atoms with Crippen LogP contribution < -0.4 is 11.1 Å². The molecule has 1 aliphatic carbocycles. The normalized spacial score (nSPS) is 29.0. The Balaban J connectivity index is 2.19. The van der Waals surface area contributed by atoms with Crippen LogP contribution in [-0.2, 0) is 0 Å². The molecule has 1 saturated carbocycles. The van der Waals surface area contributed by atoms with Crippen molar-refractivity contribution in [2.24, 2.45) is 22.7 Å². The van der Waals surface area contributed by atoms with Gasteiger partial charge in [-0.25, -0.2) is 0 Å². The monoisotopic (exact) mass is 229 g/mol. The number of amidine groups is 1. The molecule has 5 heteroatoms. The molecule has 0 aromatic heterocycles. The van der Waals surface area contributed by atoms with Crippen LogP contribution in [0.25, 0.3) is 0 Å². The van der Waals surface area contributed by atoms with Gasteiger partial charge >= 0.3 is 0 Å². The van der Waals surface area contributed by atoms with Crippen molar-refractivity contribution in [3.8, 4) is 0 Å². The van der Waals surface area contributed by atoms with E-state index in [-0.39, 0.29) is 17.9 Å². The third-order valence-corrected chi connectivity index (χ3v) is 3.35. The average Bonchev–Trinajstić information content (AvgIpc) is 2.30. The van der Waals surface area contributed by atoms with Gasteiger partial charge in [-0.2, -0.15) is 0 Å². The Labute approximate surface area is 96.7 Å². The van der Waals surface area contributed by atoms with Gasteiger partial charge in [0, 0.05) is 19.0 Å². The summed E-state index contributed by atoms with van der Waals surface area (Å²) < 4.78 is 0. The number of aliphatic hydroxyl groups is 1.